The van der Waals surface area contributed by atoms with Crippen molar-refractivity contribution in [3.05, 3.63) is 48.5 Å². The molecule has 0 spiro atoms. The van der Waals surface area contributed by atoms with Crippen LogP contribution in [-0.4, -0.2) is 26.2 Å². The van der Waals surface area contributed by atoms with E-state index in [-0.39, 0.29) is 12.5 Å². The van der Waals surface area contributed by atoms with E-state index in [4.69, 9.17) is 9.47 Å². The third-order valence-corrected chi connectivity index (χ3v) is 3.01. The molecule has 22 heavy (non-hydrogen) atoms. The van der Waals surface area contributed by atoms with Crippen LogP contribution in [-0.2, 0) is 4.79 Å². The Hall–Kier alpha value is -2.69. The van der Waals surface area contributed by atoms with Gasteiger partial charge in [0, 0.05) is 0 Å². The Balaban J connectivity index is 1.96. The summed E-state index contributed by atoms with van der Waals surface area (Å²) in [6.45, 7) is 2.64. The Morgan fingerprint density at radius 2 is 1.64 bits per heavy atom. The van der Waals surface area contributed by atoms with Gasteiger partial charge >= 0.3 is 0 Å². The van der Waals surface area contributed by atoms with Gasteiger partial charge in [0.25, 0.3) is 0 Å². The van der Waals surface area contributed by atoms with E-state index in [0.717, 1.165) is 11.4 Å². The molecule has 0 unspecified atom stereocenters. The molecule has 5 heteroatoms. The highest BCUT2D eigenvalue weighted by Gasteiger charge is 2.08. The summed E-state index contributed by atoms with van der Waals surface area (Å²) in [6, 6.07) is 14.8. The number of methoxy groups -OCH3 is 1. The van der Waals surface area contributed by atoms with Crippen LogP contribution in [0.2, 0.25) is 0 Å². The Labute approximate surface area is 130 Å². The van der Waals surface area contributed by atoms with Crippen molar-refractivity contribution in [2.75, 3.05) is 30.9 Å². The van der Waals surface area contributed by atoms with Crippen molar-refractivity contribution < 1.29 is 14.3 Å². The molecular weight excluding hydrogens is 280 g/mol. The summed E-state index contributed by atoms with van der Waals surface area (Å²) in [5.41, 5.74) is 1.44. The fraction of sp³-hybridized carbons (Fsp3) is 0.235. The number of carbonyl (C=O) groups excluding carboxylic acids is 1. The van der Waals surface area contributed by atoms with Crippen molar-refractivity contribution in [1.82, 2.24) is 0 Å². The maximum atomic E-state index is 12.1. The van der Waals surface area contributed by atoms with Crippen LogP contribution in [0.3, 0.4) is 0 Å². The minimum Gasteiger partial charge on any atom is -0.495 e. The third kappa shape index (κ3) is 4.15. The second-order valence-electron chi connectivity index (χ2n) is 4.53. The average Bonchev–Trinajstić information content (AvgIpc) is 2.55. The minimum atomic E-state index is -0.157. The molecule has 1 amide bonds. The number of hydrogen-bond acceptors (Lipinski definition) is 4. The lowest BCUT2D eigenvalue weighted by Crippen LogP contribution is -2.22. The Bertz CT molecular complexity index is 629. The Kier molecular flexibility index (Phi) is 5.65. The van der Waals surface area contributed by atoms with Crippen molar-refractivity contribution in [1.29, 1.82) is 0 Å². The molecular formula is C17H20N2O3. The predicted molar refractivity (Wildman–Crippen MR) is 87.7 cm³/mol. The number of amides is 1. The van der Waals surface area contributed by atoms with Crippen LogP contribution in [0, 0.1) is 0 Å². The molecule has 2 rings (SSSR count). The van der Waals surface area contributed by atoms with Crippen molar-refractivity contribution in [3.63, 3.8) is 0 Å². The molecule has 0 aromatic heterocycles. The number of hydrogen-bond donors (Lipinski definition) is 2. The van der Waals surface area contributed by atoms with Gasteiger partial charge in [-0.15, -0.1) is 0 Å². The SMILES string of the molecule is CCOc1ccccc1NCC(=O)Nc1ccccc1OC. The maximum Gasteiger partial charge on any atom is 0.243 e. The van der Waals surface area contributed by atoms with E-state index in [2.05, 4.69) is 10.6 Å². The largest absolute Gasteiger partial charge is 0.495 e. The van der Waals surface area contributed by atoms with Crippen LogP contribution < -0.4 is 20.1 Å². The van der Waals surface area contributed by atoms with Gasteiger partial charge in [-0.2, -0.15) is 0 Å². The number of carbonyl (C=O) groups is 1. The minimum absolute atomic E-state index is 0.141. The molecule has 116 valence electrons. The van der Waals surface area contributed by atoms with Gasteiger partial charge in [0.05, 0.1) is 31.6 Å². The van der Waals surface area contributed by atoms with Gasteiger partial charge < -0.3 is 20.1 Å². The summed E-state index contributed by atoms with van der Waals surface area (Å²) in [5, 5.41) is 5.89. The normalized spacial score (nSPS) is 9.91. The van der Waals surface area contributed by atoms with E-state index >= 15 is 0 Å². The zero-order valence-corrected chi connectivity index (χ0v) is 12.8. The van der Waals surface area contributed by atoms with E-state index in [1.165, 1.54) is 0 Å². The van der Waals surface area contributed by atoms with Crippen molar-refractivity contribution in [3.8, 4) is 11.5 Å². The summed E-state index contributed by atoms with van der Waals surface area (Å²) >= 11 is 0. The molecule has 0 saturated heterocycles. The van der Waals surface area contributed by atoms with Gasteiger partial charge in [-0.05, 0) is 31.2 Å². The van der Waals surface area contributed by atoms with Crippen LogP contribution in [0.4, 0.5) is 11.4 Å². The summed E-state index contributed by atoms with van der Waals surface area (Å²) in [7, 11) is 1.57. The smallest absolute Gasteiger partial charge is 0.243 e. The average molecular weight is 300 g/mol. The summed E-state index contributed by atoms with van der Waals surface area (Å²) < 4.78 is 10.7. The molecule has 2 N–H and O–H groups in total. The second kappa shape index (κ2) is 7.93. The monoisotopic (exact) mass is 300 g/mol. The number of nitrogens with one attached hydrogen (secondary N) is 2. The van der Waals surface area contributed by atoms with Crippen LogP contribution in [0.15, 0.2) is 48.5 Å². The molecule has 0 aliphatic rings. The van der Waals surface area contributed by atoms with Crippen molar-refractivity contribution in [2.45, 2.75) is 6.92 Å². The van der Waals surface area contributed by atoms with Crippen LogP contribution in [0.1, 0.15) is 6.92 Å². The molecule has 0 aliphatic carbocycles. The molecule has 0 radical (unpaired) electrons. The first-order valence-electron chi connectivity index (χ1n) is 7.13. The Morgan fingerprint density at radius 1 is 1.00 bits per heavy atom. The van der Waals surface area contributed by atoms with Gasteiger partial charge in [-0.25, -0.2) is 0 Å². The van der Waals surface area contributed by atoms with E-state index in [9.17, 15) is 4.79 Å². The molecule has 2 aromatic carbocycles. The molecule has 0 heterocycles. The fourth-order valence-corrected chi connectivity index (χ4v) is 2.01. The van der Waals surface area contributed by atoms with Gasteiger partial charge in [-0.3, -0.25) is 4.79 Å². The van der Waals surface area contributed by atoms with Crippen molar-refractivity contribution >= 4 is 17.3 Å². The topological polar surface area (TPSA) is 59.6 Å². The lowest BCUT2D eigenvalue weighted by Gasteiger charge is -2.13. The standard InChI is InChI=1S/C17H20N2O3/c1-3-22-16-11-7-4-8-13(16)18-12-17(20)19-14-9-5-6-10-15(14)21-2/h4-11,18H,3,12H2,1-2H3,(H,19,20). The molecule has 0 bridgehead atoms. The highest BCUT2D eigenvalue weighted by Crippen LogP contribution is 2.24. The zero-order chi connectivity index (χ0) is 15.8. The molecule has 0 fully saturated rings. The molecule has 0 saturated carbocycles. The molecule has 2 aromatic rings. The summed E-state index contributed by atoms with van der Waals surface area (Å²) in [6.07, 6.45) is 0. The highest BCUT2D eigenvalue weighted by atomic mass is 16.5. The van der Waals surface area contributed by atoms with E-state index in [1.54, 1.807) is 19.2 Å². The third-order valence-electron chi connectivity index (χ3n) is 3.01. The van der Waals surface area contributed by atoms with Crippen molar-refractivity contribution in [2.24, 2.45) is 0 Å². The quantitative estimate of drug-likeness (QED) is 0.824. The molecule has 0 atom stereocenters. The van der Waals surface area contributed by atoms with Gasteiger partial charge in [-0.1, -0.05) is 24.3 Å². The number of benzene rings is 2. The first-order chi connectivity index (χ1) is 10.7. The maximum absolute atomic E-state index is 12.1. The number of para-hydroxylation sites is 4. The van der Waals surface area contributed by atoms with Gasteiger partial charge in [0.1, 0.15) is 11.5 Å². The van der Waals surface area contributed by atoms with Gasteiger partial charge in [0.15, 0.2) is 0 Å². The lowest BCUT2D eigenvalue weighted by atomic mass is 10.2. The summed E-state index contributed by atoms with van der Waals surface area (Å²) in [4.78, 5) is 12.1. The predicted octanol–water partition coefficient (Wildman–Crippen LogP) is 3.14. The number of ether oxygens (including phenoxy) is 2. The van der Waals surface area contributed by atoms with E-state index in [1.807, 2.05) is 43.3 Å². The van der Waals surface area contributed by atoms with E-state index in [0.29, 0.717) is 18.0 Å². The first kappa shape index (κ1) is 15.7. The first-order valence-corrected chi connectivity index (χ1v) is 7.13. The summed E-state index contributed by atoms with van der Waals surface area (Å²) in [5.74, 6) is 1.21. The van der Waals surface area contributed by atoms with Crippen LogP contribution in [0.5, 0.6) is 11.5 Å². The Morgan fingerprint density at radius 3 is 2.32 bits per heavy atom. The lowest BCUT2D eigenvalue weighted by molar-refractivity contribution is -0.114. The highest BCUT2D eigenvalue weighted by molar-refractivity contribution is 5.95. The zero-order valence-electron chi connectivity index (χ0n) is 12.8. The van der Waals surface area contributed by atoms with Crippen LogP contribution >= 0.6 is 0 Å². The number of rotatable bonds is 7. The van der Waals surface area contributed by atoms with Crippen LogP contribution in [0.25, 0.3) is 0 Å². The van der Waals surface area contributed by atoms with E-state index < -0.39 is 0 Å². The number of anilines is 2. The van der Waals surface area contributed by atoms with Gasteiger partial charge in [0.2, 0.25) is 5.91 Å². The molecule has 5 nitrogen and oxygen atoms in total. The fourth-order valence-electron chi connectivity index (χ4n) is 2.01. The molecule has 0 aliphatic heterocycles. The second-order valence-corrected chi connectivity index (χ2v) is 4.53.